The van der Waals surface area contributed by atoms with Crippen LogP contribution in [0, 0.1) is 0 Å². The molecular formula is C18H26BrIN4O2. The minimum Gasteiger partial charge on any atom is -0.444 e. The summed E-state index contributed by atoms with van der Waals surface area (Å²) in [6, 6.07) is 8.39. The number of fused-ring (bicyclic) bond motifs is 1. The van der Waals surface area contributed by atoms with Gasteiger partial charge in [0.2, 0.25) is 0 Å². The van der Waals surface area contributed by atoms with Crippen LogP contribution in [-0.2, 0) is 11.3 Å². The molecule has 0 aromatic heterocycles. The summed E-state index contributed by atoms with van der Waals surface area (Å²) >= 11 is 3.57. The third kappa shape index (κ3) is 5.25. The minimum atomic E-state index is -0.462. The van der Waals surface area contributed by atoms with Crippen LogP contribution in [-0.4, -0.2) is 59.7 Å². The molecule has 2 heterocycles. The average molecular weight is 537 g/mol. The highest BCUT2D eigenvalue weighted by atomic mass is 127. The summed E-state index contributed by atoms with van der Waals surface area (Å²) in [5.41, 5.74) is 0.733. The fourth-order valence-corrected chi connectivity index (χ4v) is 3.46. The number of nitrogens with zero attached hydrogens (tertiary/aromatic N) is 3. The predicted octanol–water partition coefficient (Wildman–Crippen LogP) is 3.45. The molecule has 1 atom stereocenters. The van der Waals surface area contributed by atoms with Crippen LogP contribution in [0.25, 0.3) is 0 Å². The summed E-state index contributed by atoms with van der Waals surface area (Å²) in [5, 5.41) is 3.43. The van der Waals surface area contributed by atoms with Gasteiger partial charge < -0.3 is 19.9 Å². The first kappa shape index (κ1) is 21.3. The lowest BCUT2D eigenvalue weighted by molar-refractivity contribution is 0.0137. The van der Waals surface area contributed by atoms with E-state index in [1.807, 2.05) is 39.0 Å². The molecule has 3 rings (SSSR count). The van der Waals surface area contributed by atoms with Crippen molar-refractivity contribution < 1.29 is 9.53 Å². The number of benzene rings is 1. The van der Waals surface area contributed by atoms with E-state index in [-0.39, 0.29) is 36.1 Å². The second kappa shape index (κ2) is 8.77. The molecule has 0 saturated carbocycles. The van der Waals surface area contributed by atoms with E-state index in [4.69, 9.17) is 4.74 Å². The summed E-state index contributed by atoms with van der Waals surface area (Å²) in [5.74, 6) is 0.921. The van der Waals surface area contributed by atoms with Gasteiger partial charge in [-0.15, -0.1) is 24.0 Å². The molecule has 1 aromatic rings. The molecule has 8 heteroatoms. The van der Waals surface area contributed by atoms with Gasteiger partial charge in [0.1, 0.15) is 5.60 Å². The van der Waals surface area contributed by atoms with E-state index in [1.165, 1.54) is 5.56 Å². The van der Waals surface area contributed by atoms with E-state index in [0.29, 0.717) is 19.6 Å². The van der Waals surface area contributed by atoms with Crippen molar-refractivity contribution in [3.8, 4) is 0 Å². The van der Waals surface area contributed by atoms with Gasteiger partial charge in [-0.25, -0.2) is 4.79 Å². The molecule has 0 radical (unpaired) electrons. The van der Waals surface area contributed by atoms with E-state index in [9.17, 15) is 4.79 Å². The first-order valence-corrected chi connectivity index (χ1v) is 9.39. The molecule has 6 nitrogen and oxygen atoms in total. The summed E-state index contributed by atoms with van der Waals surface area (Å²) in [6.07, 6.45) is -0.234. The lowest BCUT2D eigenvalue weighted by Gasteiger charge is -2.39. The standard InChI is InChI=1S/C18H25BrN4O2.HI/c1-18(2,3)25-17(24)22-8-9-23-14(12-22)11-21-16(23)20-10-13-6-4-5-7-15(13)19;/h4-7,14H,8-12H2,1-3H3,(H,20,21);1H. The van der Waals surface area contributed by atoms with E-state index < -0.39 is 5.60 Å². The van der Waals surface area contributed by atoms with E-state index in [2.05, 4.69) is 37.2 Å². The van der Waals surface area contributed by atoms with Crippen LogP contribution in [0.5, 0.6) is 0 Å². The molecular weight excluding hydrogens is 511 g/mol. The van der Waals surface area contributed by atoms with Crippen LogP contribution >= 0.6 is 39.9 Å². The number of aliphatic imine (C=N–C) groups is 1. The first-order chi connectivity index (χ1) is 11.8. The fraction of sp³-hybridized carbons (Fsp3) is 0.556. The van der Waals surface area contributed by atoms with Crippen molar-refractivity contribution in [1.82, 2.24) is 15.1 Å². The van der Waals surface area contributed by atoms with Gasteiger partial charge in [0.15, 0.2) is 5.96 Å². The molecule has 0 spiro atoms. The number of carbonyl (C=O) groups excluding carboxylic acids is 1. The number of carbonyl (C=O) groups is 1. The van der Waals surface area contributed by atoms with Crippen molar-refractivity contribution in [2.75, 3.05) is 26.2 Å². The second-order valence-corrected chi connectivity index (χ2v) is 8.24. The van der Waals surface area contributed by atoms with Crippen molar-refractivity contribution in [1.29, 1.82) is 0 Å². The van der Waals surface area contributed by atoms with Crippen LogP contribution in [0.2, 0.25) is 0 Å². The minimum absolute atomic E-state index is 0. The Bertz CT molecular complexity index is 677. The number of guanidine groups is 1. The zero-order valence-electron chi connectivity index (χ0n) is 15.4. The van der Waals surface area contributed by atoms with Crippen LogP contribution in [0.4, 0.5) is 4.79 Å². The molecule has 1 aromatic carbocycles. The highest BCUT2D eigenvalue weighted by Crippen LogP contribution is 2.20. The van der Waals surface area contributed by atoms with Crippen LogP contribution in [0.1, 0.15) is 26.3 Å². The Morgan fingerprint density at radius 2 is 2.08 bits per heavy atom. The Balaban J connectivity index is 0.00000243. The van der Waals surface area contributed by atoms with Gasteiger partial charge in [0, 0.05) is 30.7 Å². The Morgan fingerprint density at radius 1 is 1.35 bits per heavy atom. The number of halogens is 2. The lowest BCUT2D eigenvalue weighted by Crippen LogP contribution is -2.57. The third-order valence-corrected chi connectivity index (χ3v) is 5.03. The number of piperazine rings is 1. The van der Waals surface area contributed by atoms with E-state index in [1.54, 1.807) is 4.90 Å². The molecule has 0 aliphatic carbocycles. The predicted molar refractivity (Wildman–Crippen MR) is 117 cm³/mol. The second-order valence-electron chi connectivity index (χ2n) is 7.38. The molecule has 2 aliphatic heterocycles. The number of amides is 1. The first-order valence-electron chi connectivity index (χ1n) is 8.60. The molecule has 144 valence electrons. The fourth-order valence-electron chi connectivity index (χ4n) is 3.04. The van der Waals surface area contributed by atoms with Gasteiger partial charge in [0.05, 0.1) is 12.6 Å². The van der Waals surface area contributed by atoms with Crippen molar-refractivity contribution in [2.45, 2.75) is 39.0 Å². The topological polar surface area (TPSA) is 57.2 Å². The SMILES string of the molecule is CC(C)(C)OC(=O)N1CCN2C(NCc3ccccc3Br)=NCC2C1.I. The van der Waals surface area contributed by atoms with Gasteiger partial charge in [-0.1, -0.05) is 34.1 Å². The van der Waals surface area contributed by atoms with Crippen LogP contribution in [0.15, 0.2) is 33.7 Å². The Labute approximate surface area is 180 Å². The maximum Gasteiger partial charge on any atom is 0.410 e. The molecule has 1 N–H and O–H groups in total. The molecule has 1 fully saturated rings. The Morgan fingerprint density at radius 3 is 2.77 bits per heavy atom. The van der Waals surface area contributed by atoms with Crippen molar-refractivity contribution in [3.05, 3.63) is 34.3 Å². The largest absolute Gasteiger partial charge is 0.444 e. The quantitative estimate of drug-likeness (QED) is 0.588. The highest BCUT2D eigenvalue weighted by molar-refractivity contribution is 14.0. The molecule has 2 aliphatic rings. The maximum absolute atomic E-state index is 12.3. The Hall–Kier alpha value is -1.03. The summed E-state index contributed by atoms with van der Waals surface area (Å²) in [4.78, 5) is 20.9. The van der Waals surface area contributed by atoms with Gasteiger partial charge in [-0.3, -0.25) is 4.99 Å². The average Bonchev–Trinajstić information content (AvgIpc) is 2.95. The number of nitrogens with one attached hydrogen (secondary N) is 1. The lowest BCUT2D eigenvalue weighted by atomic mass is 10.2. The van der Waals surface area contributed by atoms with Crippen molar-refractivity contribution in [2.24, 2.45) is 4.99 Å². The Kier molecular flexibility index (Phi) is 7.18. The van der Waals surface area contributed by atoms with Crippen molar-refractivity contribution in [3.63, 3.8) is 0 Å². The summed E-state index contributed by atoms with van der Waals surface area (Å²) in [7, 11) is 0. The smallest absolute Gasteiger partial charge is 0.410 e. The van der Waals surface area contributed by atoms with Gasteiger partial charge in [0.25, 0.3) is 0 Å². The summed E-state index contributed by atoms with van der Waals surface area (Å²) < 4.78 is 6.57. The highest BCUT2D eigenvalue weighted by Gasteiger charge is 2.36. The molecule has 1 amide bonds. The van der Waals surface area contributed by atoms with Crippen LogP contribution in [0.3, 0.4) is 0 Å². The molecule has 1 unspecified atom stereocenters. The number of hydrogen-bond acceptors (Lipinski definition) is 5. The molecule has 26 heavy (non-hydrogen) atoms. The number of rotatable bonds is 2. The summed E-state index contributed by atoms with van der Waals surface area (Å²) in [6.45, 7) is 9.18. The van der Waals surface area contributed by atoms with Gasteiger partial charge >= 0.3 is 6.09 Å². The van der Waals surface area contributed by atoms with Crippen molar-refractivity contribution >= 4 is 52.0 Å². The van der Waals surface area contributed by atoms with E-state index >= 15 is 0 Å². The number of hydrogen-bond donors (Lipinski definition) is 1. The maximum atomic E-state index is 12.3. The van der Waals surface area contributed by atoms with Crippen LogP contribution < -0.4 is 5.32 Å². The monoisotopic (exact) mass is 536 g/mol. The third-order valence-electron chi connectivity index (χ3n) is 4.25. The normalized spacial score (nSPS) is 19.4. The van der Waals surface area contributed by atoms with Gasteiger partial charge in [-0.2, -0.15) is 0 Å². The zero-order valence-corrected chi connectivity index (χ0v) is 19.3. The van der Waals surface area contributed by atoms with Gasteiger partial charge in [-0.05, 0) is 32.4 Å². The van der Waals surface area contributed by atoms with E-state index in [0.717, 1.165) is 23.5 Å². The zero-order chi connectivity index (χ0) is 18.0. The number of ether oxygens (including phenoxy) is 1. The molecule has 0 bridgehead atoms. The molecule has 1 saturated heterocycles.